The van der Waals surface area contributed by atoms with Crippen molar-refractivity contribution in [1.82, 2.24) is 5.32 Å². The molecule has 7 heteroatoms. The summed E-state index contributed by atoms with van der Waals surface area (Å²) >= 11 is 1.74. The highest BCUT2D eigenvalue weighted by atomic mass is 32.2. The molecule has 2 aromatic rings. The van der Waals surface area contributed by atoms with Crippen LogP contribution in [0, 0.1) is 6.92 Å². The number of hydrogen-bond acceptors (Lipinski definition) is 4. The number of hydrogen-bond donors (Lipinski definition) is 1. The minimum atomic E-state index is -3.58. The smallest absolute Gasteiger partial charge is 0.240 e. The Morgan fingerprint density at radius 3 is 2.38 bits per heavy atom. The summed E-state index contributed by atoms with van der Waals surface area (Å²) < 4.78 is 25.9. The highest BCUT2D eigenvalue weighted by Crippen LogP contribution is 2.28. The standard InChI is InChI=1S/C22H30N2O3S2/c1-17(2)20-8-5-6-9-21(20)24(29(4,26)27)16-22(25)23-14-7-15-28-19-12-10-18(3)11-13-19/h5-6,8-13,17H,7,14-16H2,1-4H3,(H,23,25). The summed E-state index contributed by atoms with van der Waals surface area (Å²) in [7, 11) is -3.58. The highest BCUT2D eigenvalue weighted by molar-refractivity contribution is 7.99. The van der Waals surface area contributed by atoms with Crippen LogP contribution in [-0.2, 0) is 14.8 Å². The van der Waals surface area contributed by atoms with Gasteiger partial charge in [0, 0.05) is 11.4 Å². The molecule has 0 saturated carbocycles. The Labute approximate surface area is 178 Å². The van der Waals surface area contributed by atoms with E-state index in [-0.39, 0.29) is 18.4 Å². The first kappa shape index (κ1) is 23.3. The predicted octanol–water partition coefficient (Wildman–Crippen LogP) is 4.18. The van der Waals surface area contributed by atoms with E-state index in [9.17, 15) is 13.2 Å². The van der Waals surface area contributed by atoms with Gasteiger partial charge in [-0.25, -0.2) is 8.42 Å². The van der Waals surface area contributed by atoms with Gasteiger partial charge >= 0.3 is 0 Å². The first-order valence-corrected chi connectivity index (χ1v) is 12.5. The van der Waals surface area contributed by atoms with Gasteiger partial charge in [-0.1, -0.05) is 49.7 Å². The number of sulfonamides is 1. The van der Waals surface area contributed by atoms with Crippen molar-refractivity contribution in [2.24, 2.45) is 0 Å². The maximum absolute atomic E-state index is 12.4. The zero-order chi connectivity index (χ0) is 21.4. The molecule has 0 fully saturated rings. The van der Waals surface area contributed by atoms with E-state index >= 15 is 0 Å². The second-order valence-electron chi connectivity index (χ2n) is 7.35. The van der Waals surface area contributed by atoms with Crippen LogP contribution in [0.2, 0.25) is 0 Å². The third-order valence-electron chi connectivity index (χ3n) is 4.45. The average Bonchev–Trinajstić information content (AvgIpc) is 2.66. The van der Waals surface area contributed by atoms with Gasteiger partial charge < -0.3 is 5.32 Å². The van der Waals surface area contributed by atoms with Gasteiger partial charge in [-0.2, -0.15) is 0 Å². The number of aryl methyl sites for hydroxylation is 1. The Morgan fingerprint density at radius 2 is 1.76 bits per heavy atom. The SMILES string of the molecule is Cc1ccc(SCCCNC(=O)CN(c2ccccc2C(C)C)S(C)(=O)=O)cc1. The molecule has 158 valence electrons. The molecule has 2 aromatic carbocycles. The van der Waals surface area contributed by atoms with Crippen molar-refractivity contribution >= 4 is 33.4 Å². The van der Waals surface area contributed by atoms with Gasteiger partial charge in [-0.05, 0) is 48.8 Å². The first-order chi connectivity index (χ1) is 13.7. The van der Waals surface area contributed by atoms with Crippen molar-refractivity contribution in [2.75, 3.05) is 29.4 Å². The first-order valence-electron chi connectivity index (χ1n) is 9.71. The number of carbonyl (C=O) groups excluding carboxylic acids is 1. The molecule has 0 bridgehead atoms. The molecular weight excluding hydrogens is 404 g/mol. The molecule has 1 amide bonds. The number of para-hydroxylation sites is 1. The van der Waals surface area contributed by atoms with Crippen LogP contribution in [0.15, 0.2) is 53.4 Å². The molecule has 0 atom stereocenters. The van der Waals surface area contributed by atoms with E-state index in [0.717, 1.165) is 24.0 Å². The second kappa shape index (κ2) is 10.7. The lowest BCUT2D eigenvalue weighted by Crippen LogP contribution is -2.41. The van der Waals surface area contributed by atoms with Gasteiger partial charge in [0.1, 0.15) is 6.54 Å². The Morgan fingerprint density at radius 1 is 1.10 bits per heavy atom. The van der Waals surface area contributed by atoms with Crippen molar-refractivity contribution < 1.29 is 13.2 Å². The molecule has 0 aliphatic heterocycles. The minimum Gasteiger partial charge on any atom is -0.354 e. The fraction of sp³-hybridized carbons (Fsp3) is 0.409. The van der Waals surface area contributed by atoms with Crippen LogP contribution in [-0.4, -0.2) is 39.4 Å². The van der Waals surface area contributed by atoms with E-state index in [4.69, 9.17) is 0 Å². The van der Waals surface area contributed by atoms with Crippen molar-refractivity contribution in [3.05, 3.63) is 59.7 Å². The Bertz CT molecular complexity index is 910. The van der Waals surface area contributed by atoms with Crippen LogP contribution in [0.1, 0.15) is 37.3 Å². The summed E-state index contributed by atoms with van der Waals surface area (Å²) in [5, 5.41) is 2.84. The fourth-order valence-corrected chi connectivity index (χ4v) is 4.62. The lowest BCUT2D eigenvalue weighted by Gasteiger charge is -2.25. The summed E-state index contributed by atoms with van der Waals surface area (Å²) in [6.45, 7) is 6.37. The number of amides is 1. The molecule has 2 rings (SSSR count). The lowest BCUT2D eigenvalue weighted by atomic mass is 10.0. The topological polar surface area (TPSA) is 66.5 Å². The third-order valence-corrected chi connectivity index (χ3v) is 6.67. The van der Waals surface area contributed by atoms with Crippen LogP contribution in [0.4, 0.5) is 5.69 Å². The summed E-state index contributed by atoms with van der Waals surface area (Å²) in [5.41, 5.74) is 2.70. The maximum Gasteiger partial charge on any atom is 0.240 e. The normalized spacial score (nSPS) is 11.5. The summed E-state index contributed by atoms with van der Waals surface area (Å²) in [4.78, 5) is 13.6. The number of anilines is 1. The van der Waals surface area contributed by atoms with Gasteiger partial charge in [0.2, 0.25) is 15.9 Å². The highest BCUT2D eigenvalue weighted by Gasteiger charge is 2.23. The summed E-state index contributed by atoms with van der Waals surface area (Å²) in [6.07, 6.45) is 1.95. The second-order valence-corrected chi connectivity index (χ2v) is 10.4. The van der Waals surface area contributed by atoms with Crippen molar-refractivity contribution in [3.8, 4) is 0 Å². The number of nitrogens with zero attached hydrogens (tertiary/aromatic N) is 1. The molecular formula is C22H30N2O3S2. The minimum absolute atomic E-state index is 0.150. The van der Waals surface area contributed by atoms with E-state index < -0.39 is 10.0 Å². The van der Waals surface area contributed by atoms with Crippen LogP contribution < -0.4 is 9.62 Å². The quantitative estimate of drug-likeness (QED) is 0.450. The average molecular weight is 435 g/mol. The van der Waals surface area contributed by atoms with Crippen molar-refractivity contribution in [2.45, 2.75) is 38.0 Å². The molecule has 0 aliphatic carbocycles. The van der Waals surface area contributed by atoms with Gasteiger partial charge in [0.25, 0.3) is 0 Å². The fourth-order valence-electron chi connectivity index (χ4n) is 2.89. The number of benzene rings is 2. The van der Waals surface area contributed by atoms with E-state index in [0.29, 0.717) is 12.2 Å². The van der Waals surface area contributed by atoms with Crippen molar-refractivity contribution in [1.29, 1.82) is 0 Å². The molecule has 0 aromatic heterocycles. The molecule has 0 radical (unpaired) electrons. The van der Waals surface area contributed by atoms with Crippen molar-refractivity contribution in [3.63, 3.8) is 0 Å². The maximum atomic E-state index is 12.4. The van der Waals surface area contributed by atoms with Gasteiger partial charge in [0.15, 0.2) is 0 Å². The Kier molecular flexibility index (Phi) is 8.59. The van der Waals surface area contributed by atoms with Crippen LogP contribution in [0.25, 0.3) is 0 Å². The predicted molar refractivity (Wildman–Crippen MR) is 122 cm³/mol. The number of carbonyl (C=O) groups is 1. The number of nitrogens with one attached hydrogen (secondary N) is 1. The van der Waals surface area contributed by atoms with E-state index in [1.54, 1.807) is 23.9 Å². The molecule has 1 N–H and O–H groups in total. The van der Waals surface area contributed by atoms with Gasteiger partial charge in [-0.15, -0.1) is 11.8 Å². The number of rotatable bonds is 10. The molecule has 29 heavy (non-hydrogen) atoms. The molecule has 0 heterocycles. The number of thioether (sulfide) groups is 1. The van der Waals surface area contributed by atoms with Gasteiger partial charge in [0.05, 0.1) is 11.9 Å². The van der Waals surface area contributed by atoms with E-state index in [2.05, 4.69) is 36.5 Å². The monoisotopic (exact) mass is 434 g/mol. The van der Waals surface area contributed by atoms with Crippen LogP contribution >= 0.6 is 11.8 Å². The molecule has 0 unspecified atom stereocenters. The van der Waals surface area contributed by atoms with E-state index in [1.807, 2.05) is 26.0 Å². The molecule has 0 aliphatic rings. The zero-order valence-electron chi connectivity index (χ0n) is 17.5. The third kappa shape index (κ3) is 7.40. The van der Waals surface area contributed by atoms with Crippen LogP contribution in [0.5, 0.6) is 0 Å². The Hall–Kier alpha value is -1.99. The largest absolute Gasteiger partial charge is 0.354 e. The zero-order valence-corrected chi connectivity index (χ0v) is 19.1. The van der Waals surface area contributed by atoms with E-state index in [1.165, 1.54) is 14.8 Å². The van der Waals surface area contributed by atoms with Gasteiger partial charge in [-0.3, -0.25) is 9.10 Å². The molecule has 0 spiro atoms. The molecule has 0 saturated heterocycles. The summed E-state index contributed by atoms with van der Waals surface area (Å²) in [5.74, 6) is 0.738. The summed E-state index contributed by atoms with van der Waals surface area (Å²) in [6, 6.07) is 15.7. The van der Waals surface area contributed by atoms with Crippen LogP contribution in [0.3, 0.4) is 0 Å². The molecule has 5 nitrogen and oxygen atoms in total. The Balaban J connectivity index is 1.90. The lowest BCUT2D eigenvalue weighted by molar-refractivity contribution is -0.119.